The molecule has 1 aromatic rings. The Bertz CT molecular complexity index is 422. The topological polar surface area (TPSA) is 41.1 Å². The number of amides is 1. The molecule has 2 N–H and O–H groups in total. The Morgan fingerprint density at radius 1 is 1.59 bits per heavy atom. The first-order chi connectivity index (χ1) is 8.08. The van der Waals surface area contributed by atoms with E-state index in [4.69, 9.17) is 23.2 Å². The lowest BCUT2D eigenvalue weighted by atomic mass is 10.0. The Labute approximate surface area is 114 Å². The van der Waals surface area contributed by atoms with Crippen molar-refractivity contribution in [1.29, 1.82) is 0 Å². The lowest BCUT2D eigenvalue weighted by Gasteiger charge is -2.26. The van der Waals surface area contributed by atoms with Crippen LogP contribution in [0.2, 0.25) is 8.67 Å². The molecule has 17 heavy (non-hydrogen) atoms. The standard InChI is InChI=1S/C11H14Cl2N2OS/c1-6(7-5-9(12)17-10(7)13)15-8-3-2-4-14-11(8)16/h5-6,8,15H,2-4H2,1H3,(H,14,16). The summed E-state index contributed by atoms with van der Waals surface area (Å²) in [5, 5.41) is 6.14. The molecule has 1 aliphatic rings. The largest absolute Gasteiger partial charge is 0.355 e. The van der Waals surface area contributed by atoms with E-state index in [9.17, 15) is 4.79 Å². The zero-order chi connectivity index (χ0) is 12.4. The minimum absolute atomic E-state index is 0.0279. The average molecular weight is 293 g/mol. The van der Waals surface area contributed by atoms with Gasteiger partial charge in [-0.2, -0.15) is 0 Å². The summed E-state index contributed by atoms with van der Waals surface area (Å²) in [4.78, 5) is 11.6. The number of thiophene rings is 1. The molecule has 0 aliphatic carbocycles. The molecule has 1 aliphatic heterocycles. The second-order valence-electron chi connectivity index (χ2n) is 4.15. The van der Waals surface area contributed by atoms with Gasteiger partial charge in [-0.25, -0.2) is 0 Å². The van der Waals surface area contributed by atoms with Gasteiger partial charge in [-0.05, 0) is 31.4 Å². The summed E-state index contributed by atoms with van der Waals surface area (Å²) >= 11 is 13.3. The SMILES string of the molecule is CC(NC1CCCNC1=O)c1cc(Cl)sc1Cl. The molecule has 1 aromatic heterocycles. The molecule has 0 spiro atoms. The highest BCUT2D eigenvalue weighted by atomic mass is 35.5. The molecule has 0 bridgehead atoms. The lowest BCUT2D eigenvalue weighted by molar-refractivity contribution is -0.124. The molecule has 3 nitrogen and oxygen atoms in total. The van der Waals surface area contributed by atoms with Crippen LogP contribution in [0.15, 0.2) is 6.07 Å². The van der Waals surface area contributed by atoms with Crippen LogP contribution in [-0.4, -0.2) is 18.5 Å². The van der Waals surface area contributed by atoms with Gasteiger partial charge in [0.25, 0.3) is 0 Å². The van der Waals surface area contributed by atoms with E-state index < -0.39 is 0 Å². The van der Waals surface area contributed by atoms with Crippen LogP contribution in [0.4, 0.5) is 0 Å². The number of piperidine rings is 1. The Balaban J connectivity index is 2.03. The van der Waals surface area contributed by atoms with Gasteiger partial charge in [0.15, 0.2) is 0 Å². The maximum atomic E-state index is 11.6. The van der Waals surface area contributed by atoms with Crippen LogP contribution in [0, 0.1) is 0 Å². The normalized spacial score (nSPS) is 22.3. The molecule has 1 fully saturated rings. The van der Waals surface area contributed by atoms with Crippen LogP contribution in [0.3, 0.4) is 0 Å². The van der Waals surface area contributed by atoms with Crippen LogP contribution < -0.4 is 10.6 Å². The molecule has 0 radical (unpaired) electrons. The molecule has 1 amide bonds. The summed E-state index contributed by atoms with van der Waals surface area (Å²) < 4.78 is 1.36. The van der Waals surface area contributed by atoms with E-state index in [1.54, 1.807) is 0 Å². The van der Waals surface area contributed by atoms with Gasteiger partial charge in [0, 0.05) is 12.6 Å². The van der Waals surface area contributed by atoms with Crippen LogP contribution in [0.25, 0.3) is 0 Å². The van der Waals surface area contributed by atoms with Crippen molar-refractivity contribution in [2.24, 2.45) is 0 Å². The number of carbonyl (C=O) groups excluding carboxylic acids is 1. The summed E-state index contributed by atoms with van der Waals surface area (Å²) in [6, 6.07) is 1.75. The summed E-state index contributed by atoms with van der Waals surface area (Å²) in [6.07, 6.45) is 1.87. The van der Waals surface area contributed by atoms with E-state index in [0.717, 1.165) is 24.9 Å². The summed E-state index contributed by atoms with van der Waals surface area (Å²) in [5.74, 6) is 0.0700. The average Bonchev–Trinajstić information content (AvgIpc) is 2.61. The van der Waals surface area contributed by atoms with Gasteiger partial charge >= 0.3 is 0 Å². The second kappa shape index (κ2) is 5.57. The molecule has 0 aromatic carbocycles. The lowest BCUT2D eigenvalue weighted by Crippen LogP contribution is -2.48. The first kappa shape index (κ1) is 13.1. The summed E-state index contributed by atoms with van der Waals surface area (Å²) in [7, 11) is 0. The second-order valence-corrected chi connectivity index (χ2v) is 6.44. The Kier molecular flexibility index (Phi) is 4.31. The van der Waals surface area contributed by atoms with E-state index in [1.165, 1.54) is 11.3 Å². The number of carbonyl (C=O) groups is 1. The van der Waals surface area contributed by atoms with Crippen molar-refractivity contribution in [3.05, 3.63) is 20.3 Å². The number of rotatable bonds is 3. The maximum Gasteiger partial charge on any atom is 0.237 e. The van der Waals surface area contributed by atoms with Crippen LogP contribution >= 0.6 is 34.5 Å². The third-order valence-corrected chi connectivity index (χ3v) is 4.40. The predicted octanol–water partition coefficient (Wildman–Crippen LogP) is 2.98. The van der Waals surface area contributed by atoms with E-state index in [0.29, 0.717) is 8.67 Å². The zero-order valence-electron chi connectivity index (χ0n) is 9.43. The molecule has 2 heterocycles. The Morgan fingerprint density at radius 3 is 2.94 bits per heavy atom. The first-order valence-corrected chi connectivity index (χ1v) is 7.13. The van der Waals surface area contributed by atoms with Crippen LogP contribution in [-0.2, 0) is 4.79 Å². The molecule has 2 rings (SSSR count). The quantitative estimate of drug-likeness (QED) is 0.899. The molecular weight excluding hydrogens is 279 g/mol. The van der Waals surface area contributed by atoms with Gasteiger partial charge in [-0.3, -0.25) is 10.1 Å². The van der Waals surface area contributed by atoms with Gasteiger partial charge < -0.3 is 5.32 Å². The molecule has 2 atom stereocenters. The fourth-order valence-electron chi connectivity index (χ4n) is 1.97. The van der Waals surface area contributed by atoms with Crippen molar-refractivity contribution in [2.75, 3.05) is 6.54 Å². The number of hydrogen-bond donors (Lipinski definition) is 2. The number of hydrogen-bond acceptors (Lipinski definition) is 3. The molecule has 0 saturated carbocycles. The zero-order valence-corrected chi connectivity index (χ0v) is 11.8. The van der Waals surface area contributed by atoms with Crippen molar-refractivity contribution in [2.45, 2.75) is 31.8 Å². The minimum Gasteiger partial charge on any atom is -0.355 e. The van der Waals surface area contributed by atoms with E-state index >= 15 is 0 Å². The maximum absolute atomic E-state index is 11.6. The van der Waals surface area contributed by atoms with Crippen molar-refractivity contribution in [3.8, 4) is 0 Å². The van der Waals surface area contributed by atoms with Gasteiger partial charge in [0.05, 0.1) is 14.7 Å². The minimum atomic E-state index is -0.131. The van der Waals surface area contributed by atoms with Crippen LogP contribution in [0.5, 0.6) is 0 Å². The summed E-state index contributed by atoms with van der Waals surface area (Å²) in [6.45, 7) is 2.77. The van der Waals surface area contributed by atoms with Crippen molar-refractivity contribution < 1.29 is 4.79 Å². The third kappa shape index (κ3) is 3.13. The van der Waals surface area contributed by atoms with Crippen molar-refractivity contribution in [1.82, 2.24) is 10.6 Å². The van der Waals surface area contributed by atoms with Crippen molar-refractivity contribution >= 4 is 40.4 Å². The molecule has 2 unspecified atom stereocenters. The third-order valence-electron chi connectivity index (χ3n) is 2.89. The van der Waals surface area contributed by atoms with Gasteiger partial charge in [-0.15, -0.1) is 11.3 Å². The first-order valence-electron chi connectivity index (χ1n) is 5.56. The van der Waals surface area contributed by atoms with E-state index in [-0.39, 0.29) is 18.0 Å². The Hall–Kier alpha value is -0.290. The predicted molar refractivity (Wildman–Crippen MR) is 71.9 cm³/mol. The van der Waals surface area contributed by atoms with Crippen LogP contribution in [0.1, 0.15) is 31.4 Å². The van der Waals surface area contributed by atoms with E-state index in [1.807, 2.05) is 13.0 Å². The summed E-state index contributed by atoms with van der Waals surface area (Å²) in [5.41, 5.74) is 0.958. The fraction of sp³-hybridized carbons (Fsp3) is 0.545. The number of nitrogens with one attached hydrogen (secondary N) is 2. The highest BCUT2D eigenvalue weighted by Crippen LogP contribution is 2.35. The monoisotopic (exact) mass is 292 g/mol. The van der Waals surface area contributed by atoms with Gasteiger partial charge in [0.2, 0.25) is 5.91 Å². The highest BCUT2D eigenvalue weighted by Gasteiger charge is 2.24. The Morgan fingerprint density at radius 2 is 2.35 bits per heavy atom. The van der Waals surface area contributed by atoms with Crippen molar-refractivity contribution in [3.63, 3.8) is 0 Å². The molecule has 6 heteroatoms. The van der Waals surface area contributed by atoms with Gasteiger partial charge in [-0.1, -0.05) is 23.2 Å². The highest BCUT2D eigenvalue weighted by molar-refractivity contribution is 7.20. The fourth-order valence-corrected chi connectivity index (χ4v) is 3.62. The number of halogens is 2. The molecule has 94 valence electrons. The molecule has 1 saturated heterocycles. The smallest absolute Gasteiger partial charge is 0.237 e. The van der Waals surface area contributed by atoms with E-state index in [2.05, 4.69) is 10.6 Å². The van der Waals surface area contributed by atoms with Gasteiger partial charge in [0.1, 0.15) is 0 Å². The molecular formula is C11H14Cl2N2OS.